The Kier molecular flexibility index (Phi) is 8.10. The van der Waals surface area contributed by atoms with Gasteiger partial charge in [0.2, 0.25) is 5.91 Å². The van der Waals surface area contributed by atoms with E-state index in [1.54, 1.807) is 36.4 Å². The van der Waals surface area contributed by atoms with E-state index in [9.17, 15) is 19.2 Å². The number of hydrogen-bond acceptors (Lipinski definition) is 5. The van der Waals surface area contributed by atoms with Gasteiger partial charge >= 0.3 is 5.97 Å². The number of benzene rings is 2. The van der Waals surface area contributed by atoms with Crippen LogP contribution in [0.1, 0.15) is 41.5 Å². The van der Waals surface area contributed by atoms with Crippen molar-refractivity contribution in [2.24, 2.45) is 5.92 Å². The van der Waals surface area contributed by atoms with Gasteiger partial charge in [-0.3, -0.25) is 14.4 Å². The molecule has 0 aliphatic carbocycles. The summed E-state index contributed by atoms with van der Waals surface area (Å²) < 4.78 is 5.04. The number of anilines is 2. The van der Waals surface area contributed by atoms with Crippen LogP contribution in [-0.4, -0.2) is 36.8 Å². The van der Waals surface area contributed by atoms with Gasteiger partial charge in [0.25, 0.3) is 11.8 Å². The smallest absolute Gasteiger partial charge is 0.338 e. The Labute approximate surface area is 175 Å². The summed E-state index contributed by atoms with van der Waals surface area (Å²) in [6, 6.07) is 12.8. The third-order valence-electron chi connectivity index (χ3n) is 3.87. The standard InChI is InChI=1S/C22H25N3O5/c1-14(2)12-23-21(28)18-9-4-5-10-19(18)25-20(27)13-30-22(29)16-7-6-8-17(11-16)24-15(3)26/h4-11,14H,12-13H2,1-3H3,(H,23,28)(H,24,26)(H,25,27). The van der Waals surface area contributed by atoms with E-state index in [1.165, 1.54) is 19.1 Å². The molecule has 0 radical (unpaired) electrons. The van der Waals surface area contributed by atoms with Crippen LogP contribution in [0.15, 0.2) is 48.5 Å². The average Bonchev–Trinajstić information content (AvgIpc) is 2.70. The summed E-state index contributed by atoms with van der Waals surface area (Å²) in [6.07, 6.45) is 0. The molecule has 3 amide bonds. The molecule has 0 saturated heterocycles. The van der Waals surface area contributed by atoms with Crippen molar-refractivity contribution in [3.05, 3.63) is 59.7 Å². The van der Waals surface area contributed by atoms with Crippen LogP contribution in [0, 0.1) is 5.92 Å². The van der Waals surface area contributed by atoms with E-state index in [-0.39, 0.29) is 17.4 Å². The van der Waals surface area contributed by atoms with Crippen LogP contribution in [-0.2, 0) is 14.3 Å². The van der Waals surface area contributed by atoms with Gasteiger partial charge in [0.15, 0.2) is 6.61 Å². The number of hydrogen-bond donors (Lipinski definition) is 3. The fourth-order valence-electron chi connectivity index (χ4n) is 2.51. The molecule has 0 atom stereocenters. The molecular formula is C22H25N3O5. The number of carbonyl (C=O) groups is 4. The van der Waals surface area contributed by atoms with Gasteiger partial charge < -0.3 is 20.7 Å². The molecule has 2 aromatic carbocycles. The highest BCUT2D eigenvalue weighted by Gasteiger charge is 2.15. The largest absolute Gasteiger partial charge is 0.452 e. The number of ether oxygens (including phenoxy) is 1. The van der Waals surface area contributed by atoms with E-state index < -0.39 is 18.5 Å². The van der Waals surface area contributed by atoms with Crippen molar-refractivity contribution in [1.82, 2.24) is 5.32 Å². The summed E-state index contributed by atoms with van der Waals surface area (Å²) in [6.45, 7) is 5.31. The zero-order valence-electron chi connectivity index (χ0n) is 17.2. The van der Waals surface area contributed by atoms with Crippen LogP contribution in [0.4, 0.5) is 11.4 Å². The molecule has 0 aliphatic heterocycles. The number of para-hydroxylation sites is 1. The Morgan fingerprint density at radius 3 is 2.40 bits per heavy atom. The van der Waals surface area contributed by atoms with Crippen LogP contribution in [0.3, 0.4) is 0 Å². The monoisotopic (exact) mass is 411 g/mol. The second kappa shape index (κ2) is 10.8. The zero-order valence-corrected chi connectivity index (χ0v) is 17.2. The van der Waals surface area contributed by atoms with Crippen LogP contribution < -0.4 is 16.0 Å². The molecule has 0 heterocycles. The topological polar surface area (TPSA) is 114 Å². The minimum atomic E-state index is -0.708. The highest BCUT2D eigenvalue weighted by molar-refractivity contribution is 6.04. The first-order valence-electron chi connectivity index (χ1n) is 9.48. The summed E-state index contributed by atoms with van der Waals surface area (Å²) in [4.78, 5) is 47.9. The molecule has 8 nitrogen and oxygen atoms in total. The molecule has 0 aliphatic rings. The molecule has 0 aromatic heterocycles. The fraction of sp³-hybridized carbons (Fsp3) is 0.273. The molecule has 0 saturated carbocycles. The lowest BCUT2D eigenvalue weighted by Gasteiger charge is -2.12. The Morgan fingerprint density at radius 2 is 1.70 bits per heavy atom. The van der Waals surface area contributed by atoms with Gasteiger partial charge in [-0.15, -0.1) is 0 Å². The second-order valence-corrected chi connectivity index (χ2v) is 7.04. The van der Waals surface area contributed by atoms with E-state index in [2.05, 4.69) is 16.0 Å². The molecule has 2 aromatic rings. The summed E-state index contributed by atoms with van der Waals surface area (Å²) in [5, 5.41) is 7.95. The SMILES string of the molecule is CC(=O)Nc1cccc(C(=O)OCC(=O)Nc2ccccc2C(=O)NCC(C)C)c1. The fourth-order valence-corrected chi connectivity index (χ4v) is 2.51. The summed E-state index contributed by atoms with van der Waals surface area (Å²) >= 11 is 0. The van der Waals surface area contributed by atoms with Crippen molar-refractivity contribution in [1.29, 1.82) is 0 Å². The Balaban J connectivity index is 1.96. The third-order valence-corrected chi connectivity index (χ3v) is 3.87. The van der Waals surface area contributed by atoms with Crippen molar-refractivity contribution >= 4 is 35.1 Å². The molecule has 3 N–H and O–H groups in total. The summed E-state index contributed by atoms with van der Waals surface area (Å²) in [5.74, 6) is -1.56. The van der Waals surface area contributed by atoms with E-state index in [4.69, 9.17) is 4.74 Å². The van der Waals surface area contributed by atoms with E-state index >= 15 is 0 Å². The minimum absolute atomic E-state index is 0.197. The molecule has 0 unspecified atom stereocenters. The minimum Gasteiger partial charge on any atom is -0.452 e. The van der Waals surface area contributed by atoms with Crippen molar-refractivity contribution in [3.63, 3.8) is 0 Å². The van der Waals surface area contributed by atoms with E-state index in [0.717, 1.165) is 0 Å². The van der Waals surface area contributed by atoms with Crippen molar-refractivity contribution in [3.8, 4) is 0 Å². The maximum atomic E-state index is 12.3. The molecule has 0 spiro atoms. The lowest BCUT2D eigenvalue weighted by atomic mass is 10.1. The third kappa shape index (κ3) is 7.05. The van der Waals surface area contributed by atoms with E-state index in [0.29, 0.717) is 29.4 Å². The second-order valence-electron chi connectivity index (χ2n) is 7.04. The Morgan fingerprint density at radius 1 is 0.967 bits per heavy atom. The maximum Gasteiger partial charge on any atom is 0.338 e. The van der Waals surface area contributed by atoms with Crippen LogP contribution in [0.2, 0.25) is 0 Å². The van der Waals surface area contributed by atoms with Crippen molar-refractivity contribution in [2.45, 2.75) is 20.8 Å². The molecule has 8 heteroatoms. The Hall–Kier alpha value is -3.68. The lowest BCUT2D eigenvalue weighted by Crippen LogP contribution is -2.29. The highest BCUT2D eigenvalue weighted by Crippen LogP contribution is 2.15. The van der Waals surface area contributed by atoms with Gasteiger partial charge in [0.05, 0.1) is 16.8 Å². The normalized spacial score (nSPS) is 10.3. The molecule has 0 fully saturated rings. The first-order chi connectivity index (χ1) is 14.3. The van der Waals surface area contributed by atoms with Crippen molar-refractivity contribution < 1.29 is 23.9 Å². The molecular weight excluding hydrogens is 386 g/mol. The predicted octanol–water partition coefficient (Wildman–Crippen LogP) is 2.83. The highest BCUT2D eigenvalue weighted by atomic mass is 16.5. The first kappa shape index (κ1) is 22.6. The molecule has 158 valence electrons. The van der Waals surface area contributed by atoms with Gasteiger partial charge in [0, 0.05) is 19.2 Å². The maximum absolute atomic E-state index is 12.3. The van der Waals surface area contributed by atoms with Gasteiger partial charge in [-0.2, -0.15) is 0 Å². The van der Waals surface area contributed by atoms with Crippen LogP contribution in [0.5, 0.6) is 0 Å². The van der Waals surface area contributed by atoms with Crippen LogP contribution >= 0.6 is 0 Å². The first-order valence-corrected chi connectivity index (χ1v) is 9.48. The van der Waals surface area contributed by atoms with Gasteiger partial charge in [-0.1, -0.05) is 32.0 Å². The number of esters is 1. The molecule has 2 rings (SSSR count). The molecule has 0 bridgehead atoms. The number of nitrogens with one attached hydrogen (secondary N) is 3. The van der Waals surface area contributed by atoms with Gasteiger partial charge in [0.1, 0.15) is 0 Å². The Bertz CT molecular complexity index is 940. The quantitative estimate of drug-likeness (QED) is 0.578. The predicted molar refractivity (Wildman–Crippen MR) is 113 cm³/mol. The molecule has 30 heavy (non-hydrogen) atoms. The average molecular weight is 411 g/mol. The van der Waals surface area contributed by atoms with Gasteiger partial charge in [-0.25, -0.2) is 4.79 Å². The number of carbonyl (C=O) groups excluding carboxylic acids is 4. The number of amides is 3. The lowest BCUT2D eigenvalue weighted by molar-refractivity contribution is -0.119. The number of rotatable bonds is 8. The van der Waals surface area contributed by atoms with E-state index in [1.807, 2.05) is 13.8 Å². The van der Waals surface area contributed by atoms with Crippen molar-refractivity contribution in [2.75, 3.05) is 23.8 Å². The van der Waals surface area contributed by atoms with Gasteiger partial charge in [-0.05, 0) is 36.2 Å². The summed E-state index contributed by atoms with van der Waals surface area (Å²) in [5.41, 5.74) is 1.29. The summed E-state index contributed by atoms with van der Waals surface area (Å²) in [7, 11) is 0. The van der Waals surface area contributed by atoms with Crippen LogP contribution in [0.25, 0.3) is 0 Å². The zero-order chi connectivity index (χ0) is 22.1.